The lowest BCUT2D eigenvalue weighted by Crippen LogP contribution is -2.11. The molecule has 2 N–H and O–H groups in total. The summed E-state index contributed by atoms with van der Waals surface area (Å²) in [5.41, 5.74) is 1.47. The monoisotopic (exact) mass is 221 g/mol. The highest BCUT2D eigenvalue weighted by molar-refractivity contribution is 6.06. The van der Waals surface area contributed by atoms with Crippen LogP contribution < -0.4 is 0 Å². The lowest BCUT2D eigenvalue weighted by atomic mass is 9.92. The van der Waals surface area contributed by atoms with Crippen molar-refractivity contribution in [1.82, 2.24) is 0 Å². The van der Waals surface area contributed by atoms with Crippen molar-refractivity contribution in [2.24, 2.45) is 11.8 Å². The smallest absolute Gasteiger partial charge is 0.336 e. The van der Waals surface area contributed by atoms with Gasteiger partial charge in [-0.15, -0.1) is 0 Å². The molecule has 1 aliphatic carbocycles. The largest absolute Gasteiger partial charge is 0.478 e. The van der Waals surface area contributed by atoms with Crippen LogP contribution in [0.25, 0.3) is 0 Å². The van der Waals surface area contributed by atoms with Gasteiger partial charge in [-0.05, 0) is 30.3 Å². The maximum Gasteiger partial charge on any atom is 0.336 e. The summed E-state index contributed by atoms with van der Waals surface area (Å²) in [6.45, 7) is 6.08. The van der Waals surface area contributed by atoms with Gasteiger partial charge in [0.1, 0.15) is 0 Å². The molecule has 88 valence electrons. The molecule has 0 aromatic heterocycles. The van der Waals surface area contributed by atoms with Gasteiger partial charge >= 0.3 is 5.97 Å². The van der Waals surface area contributed by atoms with E-state index in [9.17, 15) is 4.79 Å². The molecule has 0 spiro atoms. The summed E-state index contributed by atoms with van der Waals surface area (Å²) in [4.78, 5) is 11.1. The van der Waals surface area contributed by atoms with Crippen LogP contribution in [0.1, 0.15) is 33.6 Å². The maximum absolute atomic E-state index is 11.1. The Bertz CT molecular complexity index is 364. The van der Waals surface area contributed by atoms with Crippen molar-refractivity contribution < 1.29 is 9.90 Å². The number of carboxylic acid groups (broad SMARTS) is 1. The molecule has 0 saturated heterocycles. The predicted molar refractivity (Wildman–Crippen MR) is 64.8 cm³/mol. The summed E-state index contributed by atoms with van der Waals surface area (Å²) in [5.74, 6) is -0.316. The molecule has 3 nitrogen and oxygen atoms in total. The van der Waals surface area contributed by atoms with Gasteiger partial charge in [0.05, 0.1) is 5.57 Å². The van der Waals surface area contributed by atoms with Crippen LogP contribution in [-0.2, 0) is 4.79 Å². The first-order valence-corrected chi connectivity index (χ1v) is 5.64. The fourth-order valence-corrected chi connectivity index (χ4v) is 1.88. The van der Waals surface area contributed by atoms with Crippen LogP contribution >= 0.6 is 0 Å². The second-order valence-electron chi connectivity index (χ2n) is 4.81. The number of allylic oxidation sites excluding steroid dienone is 2. The lowest BCUT2D eigenvalue weighted by Gasteiger charge is -2.13. The number of carbonyl (C=O) groups is 1. The summed E-state index contributed by atoms with van der Waals surface area (Å²) < 4.78 is 0. The normalized spacial score (nSPS) is 21.5. The third kappa shape index (κ3) is 3.05. The summed E-state index contributed by atoms with van der Waals surface area (Å²) >= 11 is 0. The van der Waals surface area contributed by atoms with Gasteiger partial charge in [0.2, 0.25) is 0 Å². The molecule has 0 saturated carbocycles. The van der Waals surface area contributed by atoms with E-state index in [1.165, 1.54) is 0 Å². The molecule has 1 rings (SSSR count). The third-order valence-corrected chi connectivity index (χ3v) is 2.65. The molecule has 16 heavy (non-hydrogen) atoms. The van der Waals surface area contributed by atoms with E-state index in [1.807, 2.05) is 26.8 Å². The van der Waals surface area contributed by atoms with Crippen molar-refractivity contribution in [3.63, 3.8) is 0 Å². The molecule has 0 heterocycles. The van der Waals surface area contributed by atoms with Crippen molar-refractivity contribution in [1.29, 1.82) is 5.41 Å². The SMILES string of the molecule is CC(C)CC1=C(C(=O)O)C=CC(C)CC1=N. The minimum atomic E-state index is -0.925. The molecular weight excluding hydrogens is 202 g/mol. The Balaban J connectivity index is 3.14. The topological polar surface area (TPSA) is 61.1 Å². The summed E-state index contributed by atoms with van der Waals surface area (Å²) in [5, 5.41) is 17.1. The molecule has 0 amide bonds. The van der Waals surface area contributed by atoms with E-state index in [2.05, 4.69) is 0 Å². The highest BCUT2D eigenvalue weighted by atomic mass is 16.4. The molecule has 0 radical (unpaired) electrons. The second kappa shape index (κ2) is 5.10. The van der Waals surface area contributed by atoms with Crippen LogP contribution in [0.15, 0.2) is 23.3 Å². The molecule has 1 atom stereocenters. The summed E-state index contributed by atoms with van der Waals surface area (Å²) in [6, 6.07) is 0. The van der Waals surface area contributed by atoms with Crippen LogP contribution in [0.2, 0.25) is 0 Å². The van der Waals surface area contributed by atoms with Crippen LogP contribution in [-0.4, -0.2) is 16.8 Å². The fourth-order valence-electron chi connectivity index (χ4n) is 1.88. The zero-order chi connectivity index (χ0) is 12.3. The number of hydrogen-bond acceptors (Lipinski definition) is 2. The minimum Gasteiger partial charge on any atom is -0.478 e. The first-order chi connectivity index (χ1) is 7.41. The standard InChI is InChI=1S/C13H19NO2/c1-8(2)6-11-10(13(15)16)5-4-9(3)7-12(11)14/h4-5,8-9,14H,6-7H2,1-3H3,(H,15,16). The van der Waals surface area contributed by atoms with Crippen molar-refractivity contribution in [2.75, 3.05) is 0 Å². The van der Waals surface area contributed by atoms with E-state index >= 15 is 0 Å². The van der Waals surface area contributed by atoms with Gasteiger partial charge in [0, 0.05) is 5.71 Å². The molecule has 0 aromatic rings. The molecule has 1 aliphatic rings. The average molecular weight is 221 g/mol. The lowest BCUT2D eigenvalue weighted by molar-refractivity contribution is -0.132. The van der Waals surface area contributed by atoms with Gasteiger partial charge in [-0.2, -0.15) is 0 Å². The van der Waals surface area contributed by atoms with Crippen molar-refractivity contribution in [3.05, 3.63) is 23.3 Å². The van der Waals surface area contributed by atoms with E-state index in [0.717, 1.165) is 0 Å². The highest BCUT2D eigenvalue weighted by Gasteiger charge is 2.20. The Labute approximate surface area is 96.4 Å². The van der Waals surface area contributed by atoms with Gasteiger partial charge < -0.3 is 10.5 Å². The van der Waals surface area contributed by atoms with E-state index in [4.69, 9.17) is 10.5 Å². The minimum absolute atomic E-state index is 0.242. The molecule has 0 aromatic carbocycles. The van der Waals surface area contributed by atoms with Crippen LogP contribution in [0.3, 0.4) is 0 Å². The molecule has 0 fully saturated rings. The Morgan fingerprint density at radius 2 is 2.25 bits per heavy atom. The number of nitrogens with one attached hydrogen (secondary N) is 1. The Morgan fingerprint density at radius 3 is 2.75 bits per heavy atom. The van der Waals surface area contributed by atoms with Gasteiger partial charge in [-0.25, -0.2) is 4.79 Å². The quantitative estimate of drug-likeness (QED) is 0.769. The zero-order valence-electron chi connectivity index (χ0n) is 10.1. The molecule has 0 aliphatic heterocycles. The van der Waals surface area contributed by atoms with E-state index in [1.54, 1.807) is 6.08 Å². The van der Waals surface area contributed by atoms with Crippen molar-refractivity contribution in [2.45, 2.75) is 33.6 Å². The van der Waals surface area contributed by atoms with Gasteiger partial charge in [0.15, 0.2) is 0 Å². The molecular formula is C13H19NO2. The first kappa shape index (κ1) is 12.7. The number of hydrogen-bond donors (Lipinski definition) is 2. The van der Waals surface area contributed by atoms with E-state index < -0.39 is 5.97 Å². The van der Waals surface area contributed by atoms with Crippen molar-refractivity contribution >= 4 is 11.7 Å². The average Bonchev–Trinajstić information content (AvgIpc) is 2.26. The first-order valence-electron chi connectivity index (χ1n) is 5.64. The van der Waals surface area contributed by atoms with Crippen molar-refractivity contribution in [3.8, 4) is 0 Å². The van der Waals surface area contributed by atoms with Gasteiger partial charge in [0.25, 0.3) is 0 Å². The zero-order valence-corrected chi connectivity index (χ0v) is 10.1. The van der Waals surface area contributed by atoms with E-state index in [0.29, 0.717) is 35.6 Å². The van der Waals surface area contributed by atoms with Crippen LogP contribution in [0.5, 0.6) is 0 Å². The third-order valence-electron chi connectivity index (χ3n) is 2.65. The Kier molecular flexibility index (Phi) is 4.05. The number of aliphatic carboxylic acids is 1. The summed E-state index contributed by atoms with van der Waals surface area (Å²) in [7, 11) is 0. The number of rotatable bonds is 3. The Morgan fingerprint density at radius 1 is 1.62 bits per heavy atom. The van der Waals surface area contributed by atoms with Crippen LogP contribution in [0.4, 0.5) is 0 Å². The molecule has 1 unspecified atom stereocenters. The molecule has 0 bridgehead atoms. The Hall–Kier alpha value is -1.38. The van der Waals surface area contributed by atoms with Crippen LogP contribution in [0, 0.1) is 17.2 Å². The summed E-state index contributed by atoms with van der Waals surface area (Å²) in [6.07, 6.45) is 4.84. The fraction of sp³-hybridized carbons (Fsp3) is 0.538. The van der Waals surface area contributed by atoms with Gasteiger partial charge in [-0.3, -0.25) is 0 Å². The second-order valence-corrected chi connectivity index (χ2v) is 4.81. The van der Waals surface area contributed by atoms with E-state index in [-0.39, 0.29) is 5.92 Å². The highest BCUT2D eigenvalue weighted by Crippen LogP contribution is 2.25. The maximum atomic E-state index is 11.1. The predicted octanol–water partition coefficient (Wildman–Crippen LogP) is 3.03. The number of carboxylic acids is 1. The van der Waals surface area contributed by atoms with Gasteiger partial charge in [-0.1, -0.05) is 32.9 Å². The molecule has 3 heteroatoms.